The Morgan fingerprint density at radius 2 is 2.06 bits per heavy atom. The van der Waals surface area contributed by atoms with E-state index in [1.54, 1.807) is 18.2 Å². The van der Waals surface area contributed by atoms with Crippen molar-refractivity contribution in [3.8, 4) is 5.75 Å². The summed E-state index contributed by atoms with van der Waals surface area (Å²) in [5.74, 6) is 0.0804. The Hall–Kier alpha value is -2.16. The van der Waals surface area contributed by atoms with Crippen LogP contribution in [0, 0.1) is 6.20 Å². The lowest BCUT2D eigenvalue weighted by Crippen LogP contribution is -2.08. The Bertz CT molecular complexity index is 491. The van der Waals surface area contributed by atoms with E-state index in [2.05, 4.69) is 18.1 Å². The average molecular weight is 226 g/mol. The number of hydrogen-bond donors (Lipinski definition) is 0. The Balaban J connectivity index is 2.09. The Morgan fingerprint density at radius 1 is 1.29 bits per heavy atom. The molecule has 0 amide bonds. The lowest BCUT2D eigenvalue weighted by molar-refractivity contribution is 0.0734. The molecule has 0 spiro atoms. The monoisotopic (exact) mass is 226 g/mol. The zero-order valence-corrected chi connectivity index (χ0v) is 9.51. The summed E-state index contributed by atoms with van der Waals surface area (Å²) in [6.45, 7) is 2.07. The molecule has 85 valence electrons. The fourth-order valence-corrected chi connectivity index (χ4v) is 1.41. The third-order valence-electron chi connectivity index (χ3n) is 2.40. The van der Waals surface area contributed by atoms with Crippen LogP contribution in [0.4, 0.5) is 0 Å². The molecule has 1 aromatic heterocycles. The van der Waals surface area contributed by atoms with Gasteiger partial charge in [0.1, 0.15) is 5.75 Å². The predicted molar refractivity (Wildman–Crippen MR) is 63.9 cm³/mol. The first-order valence-corrected chi connectivity index (χ1v) is 5.43. The quantitative estimate of drug-likeness (QED) is 0.755. The van der Waals surface area contributed by atoms with Crippen LogP contribution in [0.25, 0.3) is 0 Å². The molecule has 0 fully saturated rings. The van der Waals surface area contributed by atoms with Gasteiger partial charge in [-0.05, 0) is 30.2 Å². The van der Waals surface area contributed by atoms with E-state index in [0.717, 1.165) is 6.42 Å². The van der Waals surface area contributed by atoms with E-state index < -0.39 is 0 Å². The van der Waals surface area contributed by atoms with E-state index in [1.165, 1.54) is 17.8 Å². The number of rotatable bonds is 3. The van der Waals surface area contributed by atoms with Crippen molar-refractivity contribution in [1.82, 2.24) is 4.98 Å². The molecule has 17 heavy (non-hydrogen) atoms. The fraction of sp³-hybridized carbons (Fsp3) is 0.143. The van der Waals surface area contributed by atoms with Gasteiger partial charge in [-0.2, -0.15) is 0 Å². The molecule has 2 rings (SSSR count). The molecule has 1 radical (unpaired) electrons. The molecule has 0 unspecified atom stereocenters. The van der Waals surface area contributed by atoms with Crippen molar-refractivity contribution in [2.75, 3.05) is 0 Å². The van der Waals surface area contributed by atoms with E-state index in [-0.39, 0.29) is 5.97 Å². The minimum absolute atomic E-state index is 0.368. The fourth-order valence-electron chi connectivity index (χ4n) is 1.41. The topological polar surface area (TPSA) is 39.2 Å². The van der Waals surface area contributed by atoms with Gasteiger partial charge in [0.15, 0.2) is 0 Å². The van der Waals surface area contributed by atoms with Crippen LogP contribution in [0.3, 0.4) is 0 Å². The summed E-state index contributed by atoms with van der Waals surface area (Å²) in [6.07, 6.45) is 5.09. The maximum absolute atomic E-state index is 11.8. The maximum atomic E-state index is 11.8. The minimum atomic E-state index is -0.368. The van der Waals surface area contributed by atoms with Crippen LogP contribution in [-0.2, 0) is 6.42 Å². The van der Waals surface area contributed by atoms with Crippen LogP contribution in [0.1, 0.15) is 22.8 Å². The van der Waals surface area contributed by atoms with E-state index in [4.69, 9.17) is 4.74 Å². The van der Waals surface area contributed by atoms with Crippen molar-refractivity contribution in [3.05, 3.63) is 59.9 Å². The second-order valence-electron chi connectivity index (χ2n) is 3.56. The second kappa shape index (κ2) is 5.25. The summed E-state index contributed by atoms with van der Waals surface area (Å²) in [4.78, 5) is 15.5. The zero-order valence-electron chi connectivity index (χ0n) is 9.51. The van der Waals surface area contributed by atoms with E-state index in [0.29, 0.717) is 11.3 Å². The number of benzene rings is 1. The predicted octanol–water partition coefficient (Wildman–Crippen LogP) is 2.66. The molecule has 3 nitrogen and oxygen atoms in total. The Kier molecular flexibility index (Phi) is 3.50. The zero-order chi connectivity index (χ0) is 12.1. The first-order valence-electron chi connectivity index (χ1n) is 5.43. The van der Waals surface area contributed by atoms with Gasteiger partial charge < -0.3 is 4.74 Å². The highest BCUT2D eigenvalue weighted by molar-refractivity contribution is 5.91. The third-order valence-corrected chi connectivity index (χ3v) is 2.40. The summed E-state index contributed by atoms with van der Waals surface area (Å²) in [7, 11) is 0. The van der Waals surface area contributed by atoms with Crippen molar-refractivity contribution in [2.24, 2.45) is 0 Å². The van der Waals surface area contributed by atoms with Crippen LogP contribution >= 0.6 is 0 Å². The van der Waals surface area contributed by atoms with E-state index >= 15 is 0 Å². The largest absolute Gasteiger partial charge is 0.423 e. The number of aromatic nitrogens is 1. The molecule has 0 atom stereocenters. The standard InChI is InChI=1S/C14H12NO2/c1-2-11-3-5-12(6-4-11)14(16)17-13-7-9-15-10-8-13/h3-9H,2H2,1H3. The molecule has 2 aromatic rings. The first kappa shape index (κ1) is 11.3. The van der Waals surface area contributed by atoms with Gasteiger partial charge in [-0.1, -0.05) is 19.1 Å². The van der Waals surface area contributed by atoms with Gasteiger partial charge in [0.25, 0.3) is 0 Å². The van der Waals surface area contributed by atoms with Crippen molar-refractivity contribution < 1.29 is 9.53 Å². The third kappa shape index (κ3) is 2.91. The van der Waals surface area contributed by atoms with Crippen molar-refractivity contribution in [2.45, 2.75) is 13.3 Å². The molecule has 3 heteroatoms. The first-order chi connectivity index (χ1) is 8.29. The van der Waals surface area contributed by atoms with Crippen molar-refractivity contribution >= 4 is 5.97 Å². The molecule has 0 saturated heterocycles. The average Bonchev–Trinajstić information content (AvgIpc) is 2.40. The molecule has 0 bridgehead atoms. The highest BCUT2D eigenvalue weighted by atomic mass is 16.5. The Morgan fingerprint density at radius 3 is 2.65 bits per heavy atom. The van der Waals surface area contributed by atoms with Gasteiger partial charge in [0.05, 0.1) is 11.8 Å². The number of carbonyl (C=O) groups is 1. The molecule has 0 aliphatic heterocycles. The van der Waals surface area contributed by atoms with Crippen LogP contribution < -0.4 is 4.74 Å². The molecular weight excluding hydrogens is 214 g/mol. The van der Waals surface area contributed by atoms with Gasteiger partial charge >= 0.3 is 5.97 Å². The van der Waals surface area contributed by atoms with Crippen LogP contribution in [0.15, 0.2) is 42.6 Å². The lowest BCUT2D eigenvalue weighted by atomic mass is 10.1. The number of aryl methyl sites for hydroxylation is 1. The molecule has 0 aliphatic rings. The summed E-state index contributed by atoms with van der Waals surface area (Å²) in [5, 5.41) is 0. The van der Waals surface area contributed by atoms with Gasteiger partial charge in [-0.15, -0.1) is 0 Å². The van der Waals surface area contributed by atoms with E-state index in [9.17, 15) is 4.79 Å². The van der Waals surface area contributed by atoms with Crippen LogP contribution in [0.5, 0.6) is 5.75 Å². The Labute approximate surface area is 100 Å². The highest BCUT2D eigenvalue weighted by Gasteiger charge is 2.07. The molecule has 0 N–H and O–H groups in total. The number of pyridine rings is 1. The summed E-state index contributed by atoms with van der Waals surface area (Å²) in [6, 6.07) is 10.5. The molecule has 1 heterocycles. The van der Waals surface area contributed by atoms with Gasteiger partial charge in [-0.3, -0.25) is 4.98 Å². The maximum Gasteiger partial charge on any atom is 0.343 e. The lowest BCUT2D eigenvalue weighted by Gasteiger charge is -2.04. The number of carbonyl (C=O) groups excluding carboxylic acids is 1. The number of esters is 1. The van der Waals surface area contributed by atoms with Crippen molar-refractivity contribution in [1.29, 1.82) is 0 Å². The SMILES string of the molecule is CCc1ccc(C(=O)Oc2c[c]ncc2)cc1. The smallest absolute Gasteiger partial charge is 0.343 e. The summed E-state index contributed by atoms with van der Waals surface area (Å²) < 4.78 is 5.16. The number of nitrogens with zero attached hydrogens (tertiary/aromatic N) is 1. The highest BCUT2D eigenvalue weighted by Crippen LogP contribution is 2.11. The normalized spacial score (nSPS) is 9.94. The molecule has 0 saturated carbocycles. The number of ether oxygens (including phenoxy) is 1. The summed E-state index contributed by atoms with van der Waals surface area (Å²) in [5.41, 5.74) is 1.73. The van der Waals surface area contributed by atoms with Crippen LogP contribution in [0.2, 0.25) is 0 Å². The summed E-state index contributed by atoms with van der Waals surface area (Å²) >= 11 is 0. The van der Waals surface area contributed by atoms with Gasteiger partial charge in [0, 0.05) is 12.3 Å². The molecule has 0 aliphatic carbocycles. The van der Waals surface area contributed by atoms with Gasteiger partial charge in [-0.25, -0.2) is 4.79 Å². The minimum Gasteiger partial charge on any atom is -0.423 e. The molecule has 1 aromatic carbocycles. The van der Waals surface area contributed by atoms with Crippen LogP contribution in [-0.4, -0.2) is 11.0 Å². The second-order valence-corrected chi connectivity index (χ2v) is 3.56. The number of hydrogen-bond acceptors (Lipinski definition) is 3. The molecular formula is C14H12NO2. The van der Waals surface area contributed by atoms with E-state index in [1.807, 2.05) is 12.1 Å². The van der Waals surface area contributed by atoms with Gasteiger partial charge in [0.2, 0.25) is 0 Å². The van der Waals surface area contributed by atoms with Crippen molar-refractivity contribution in [3.63, 3.8) is 0 Å².